The van der Waals surface area contributed by atoms with Crippen molar-refractivity contribution in [1.29, 1.82) is 0 Å². The number of hydrogen-bond donors (Lipinski definition) is 3. The molecular weight excluding hydrogens is 492 g/mol. The lowest BCUT2D eigenvalue weighted by Crippen LogP contribution is -2.50. The third-order valence-corrected chi connectivity index (χ3v) is 8.32. The maximum Gasteiger partial charge on any atom is 0.349 e. The highest BCUT2D eigenvalue weighted by Gasteiger charge is 2.91. The summed E-state index contributed by atoms with van der Waals surface area (Å²) >= 11 is 0. The van der Waals surface area contributed by atoms with Crippen LogP contribution >= 0.6 is 0 Å². The first kappa shape index (κ1) is 27.9. The second-order valence-corrected chi connectivity index (χ2v) is 10.2. The normalized spacial score (nSPS) is 25.8. The lowest BCUT2D eigenvalue weighted by atomic mass is 9.65. The van der Waals surface area contributed by atoms with Gasteiger partial charge < -0.3 is 34.4 Å². The minimum atomic E-state index is -0.780. The molecule has 2 aromatic rings. The number of amides is 2. The van der Waals surface area contributed by atoms with Crippen LogP contribution in [0.3, 0.4) is 0 Å². The Balaban J connectivity index is 1.10. The van der Waals surface area contributed by atoms with Crippen LogP contribution in [0.4, 0.5) is 0 Å². The average Bonchev–Trinajstić information content (AvgIpc) is 3.38. The Morgan fingerprint density at radius 3 is 2.47 bits per heavy atom. The molecule has 0 spiro atoms. The van der Waals surface area contributed by atoms with E-state index in [1.165, 1.54) is 24.1 Å². The van der Waals surface area contributed by atoms with E-state index in [9.17, 15) is 19.5 Å². The number of carbonyl (C=O) groups is 2. The van der Waals surface area contributed by atoms with E-state index in [2.05, 4.69) is 31.4 Å². The van der Waals surface area contributed by atoms with Gasteiger partial charge in [0, 0.05) is 37.6 Å². The molecular formula is C28H37N2O8+. The van der Waals surface area contributed by atoms with Gasteiger partial charge in [0.15, 0.2) is 5.41 Å². The Labute approximate surface area is 222 Å². The van der Waals surface area contributed by atoms with E-state index < -0.39 is 16.9 Å². The van der Waals surface area contributed by atoms with Crippen molar-refractivity contribution in [3.8, 4) is 5.75 Å². The highest BCUT2D eigenvalue weighted by atomic mass is 16.5. The number of phenols is 1. The van der Waals surface area contributed by atoms with Crippen LogP contribution in [-0.4, -0.2) is 69.7 Å². The lowest BCUT2D eigenvalue weighted by Gasteiger charge is -2.34. The molecule has 2 amide bonds. The van der Waals surface area contributed by atoms with E-state index in [0.29, 0.717) is 31.8 Å². The number of phenolic OH excluding ortho intramolecular Hbond substituents is 1. The minimum Gasteiger partial charge on any atom is -0.508 e. The highest BCUT2D eigenvalue weighted by Crippen LogP contribution is 2.77. The molecule has 10 heteroatoms. The van der Waals surface area contributed by atoms with E-state index in [4.69, 9.17) is 18.6 Å². The van der Waals surface area contributed by atoms with Crippen LogP contribution in [-0.2, 0) is 19.0 Å². The number of fused-ring (bicyclic) bond motifs is 2. The maximum atomic E-state index is 13.2. The van der Waals surface area contributed by atoms with Crippen molar-refractivity contribution in [2.75, 3.05) is 46.6 Å². The first-order valence-electron chi connectivity index (χ1n) is 13.1. The largest absolute Gasteiger partial charge is 0.508 e. The smallest absolute Gasteiger partial charge is 0.349 e. The van der Waals surface area contributed by atoms with Crippen molar-refractivity contribution in [3.05, 3.63) is 46.2 Å². The van der Waals surface area contributed by atoms with Gasteiger partial charge in [-0.1, -0.05) is 13.8 Å². The molecule has 0 radical (unpaired) electrons. The van der Waals surface area contributed by atoms with Gasteiger partial charge in [0.1, 0.15) is 28.2 Å². The summed E-state index contributed by atoms with van der Waals surface area (Å²) < 4.78 is 21.8. The molecule has 0 saturated heterocycles. The highest BCUT2D eigenvalue weighted by molar-refractivity contribution is 5.96. The lowest BCUT2D eigenvalue weighted by molar-refractivity contribution is -0.140. The molecule has 4 atom stereocenters. The summed E-state index contributed by atoms with van der Waals surface area (Å²) in [4.78, 5) is 37.7. The van der Waals surface area contributed by atoms with Gasteiger partial charge in [-0.2, -0.15) is 0 Å². The Bertz CT molecular complexity index is 1230. The van der Waals surface area contributed by atoms with Gasteiger partial charge in [0.05, 0.1) is 32.8 Å². The van der Waals surface area contributed by atoms with Crippen molar-refractivity contribution < 1.29 is 33.3 Å². The fourth-order valence-corrected chi connectivity index (χ4v) is 6.35. The van der Waals surface area contributed by atoms with Crippen LogP contribution < -0.4 is 16.3 Å². The fraction of sp³-hybridized carbons (Fsp3) is 0.571. The number of rotatable bonds is 13. The summed E-state index contributed by atoms with van der Waals surface area (Å²) in [5.74, 6) is 1.11. The SMILES string of the molecule is CCC1(C(=O)NCCOCCOCCNC(=O)c2cc3ccc(O)cc3oc2=O)C(C)C[C+]2C(OC)C21C. The molecule has 0 bridgehead atoms. The molecule has 10 nitrogen and oxygen atoms in total. The Morgan fingerprint density at radius 1 is 1.13 bits per heavy atom. The van der Waals surface area contributed by atoms with Gasteiger partial charge in [-0.05, 0) is 31.5 Å². The maximum absolute atomic E-state index is 13.2. The Kier molecular flexibility index (Phi) is 8.34. The molecule has 1 aromatic heterocycles. The van der Waals surface area contributed by atoms with Crippen molar-refractivity contribution in [1.82, 2.24) is 10.6 Å². The van der Waals surface area contributed by atoms with Crippen LogP contribution in [0.15, 0.2) is 33.5 Å². The quantitative estimate of drug-likeness (QED) is 0.205. The van der Waals surface area contributed by atoms with Crippen molar-refractivity contribution in [2.45, 2.75) is 39.7 Å². The molecule has 3 N–H and O–H groups in total. The number of methoxy groups -OCH3 is 1. The minimum absolute atomic E-state index is 0.0298. The van der Waals surface area contributed by atoms with Gasteiger partial charge in [-0.3, -0.25) is 9.59 Å². The summed E-state index contributed by atoms with van der Waals surface area (Å²) in [5.41, 5.74) is -1.33. The molecule has 1 aromatic carbocycles. The summed E-state index contributed by atoms with van der Waals surface area (Å²) in [6.45, 7) is 8.30. The first-order chi connectivity index (χ1) is 18.2. The van der Waals surface area contributed by atoms with E-state index in [1.54, 1.807) is 13.2 Å². The predicted molar refractivity (Wildman–Crippen MR) is 140 cm³/mol. The van der Waals surface area contributed by atoms with Crippen LogP contribution in [0.25, 0.3) is 11.0 Å². The van der Waals surface area contributed by atoms with Crippen molar-refractivity contribution in [3.63, 3.8) is 0 Å². The van der Waals surface area contributed by atoms with Gasteiger partial charge in [0.25, 0.3) is 5.91 Å². The summed E-state index contributed by atoms with van der Waals surface area (Å²) in [6.07, 6.45) is 1.77. The van der Waals surface area contributed by atoms with Gasteiger partial charge in [0.2, 0.25) is 12.0 Å². The van der Waals surface area contributed by atoms with E-state index in [1.807, 2.05) is 0 Å². The van der Waals surface area contributed by atoms with Crippen LogP contribution in [0.1, 0.15) is 44.0 Å². The zero-order valence-electron chi connectivity index (χ0n) is 22.4. The van der Waals surface area contributed by atoms with Crippen LogP contribution in [0, 0.1) is 22.7 Å². The summed E-state index contributed by atoms with van der Waals surface area (Å²) in [6, 6.07) is 5.76. The standard InChI is InChI=1S/C28H36N2O8/c1-5-28(17(2)14-21-23(35-4)27(21,28)3)26(34)30-9-11-37-13-12-36-10-8-29-24(32)20-15-18-6-7-19(31)16-22(18)38-25(20)33/h6-7,15-17,23H,5,8-14H2,1-4H3,(H2-,29,30,31,32,33,34)/p+1. The number of benzene rings is 1. The molecule has 38 heavy (non-hydrogen) atoms. The van der Waals surface area contributed by atoms with Gasteiger partial charge in [-0.25, -0.2) is 4.79 Å². The second-order valence-electron chi connectivity index (χ2n) is 10.2. The Morgan fingerprint density at radius 2 is 1.82 bits per heavy atom. The molecule has 4 unspecified atom stereocenters. The number of aromatic hydroxyl groups is 1. The molecule has 2 fully saturated rings. The monoisotopic (exact) mass is 529 g/mol. The molecule has 2 aliphatic rings. The number of nitrogens with one attached hydrogen (secondary N) is 2. The molecule has 206 valence electrons. The van der Waals surface area contributed by atoms with E-state index in [-0.39, 0.29) is 53.4 Å². The van der Waals surface area contributed by atoms with Crippen molar-refractivity contribution in [2.24, 2.45) is 16.7 Å². The number of carbonyl (C=O) groups excluding carboxylic acids is 2. The zero-order valence-corrected chi connectivity index (χ0v) is 22.4. The molecule has 2 saturated carbocycles. The third kappa shape index (κ3) is 4.88. The molecule has 2 aliphatic carbocycles. The van der Waals surface area contributed by atoms with Gasteiger partial charge in [-0.15, -0.1) is 0 Å². The summed E-state index contributed by atoms with van der Waals surface area (Å²) in [7, 11) is 1.71. The zero-order chi connectivity index (χ0) is 27.5. The van der Waals surface area contributed by atoms with E-state index >= 15 is 0 Å². The Hall–Kier alpha value is -3.08. The van der Waals surface area contributed by atoms with Crippen LogP contribution in [0.5, 0.6) is 5.75 Å². The third-order valence-electron chi connectivity index (χ3n) is 8.32. The first-order valence-corrected chi connectivity index (χ1v) is 13.1. The predicted octanol–water partition coefficient (Wildman–Crippen LogP) is 2.42. The number of hydrogen-bond acceptors (Lipinski definition) is 8. The fourth-order valence-electron chi connectivity index (χ4n) is 6.35. The topological polar surface area (TPSA) is 136 Å². The number of ether oxygens (including phenoxy) is 3. The van der Waals surface area contributed by atoms with Crippen LogP contribution in [0.2, 0.25) is 0 Å². The summed E-state index contributed by atoms with van der Waals surface area (Å²) in [5, 5.41) is 15.7. The van der Waals surface area contributed by atoms with E-state index in [0.717, 1.165) is 12.8 Å². The molecule has 4 rings (SSSR count). The van der Waals surface area contributed by atoms with Crippen molar-refractivity contribution >= 4 is 22.8 Å². The molecule has 1 heterocycles. The average molecular weight is 530 g/mol. The van der Waals surface area contributed by atoms with Gasteiger partial charge >= 0.3 is 5.63 Å². The molecule has 0 aliphatic heterocycles. The second kappa shape index (κ2) is 11.3.